The minimum Gasteiger partial charge on any atom is -0.271 e. The third kappa shape index (κ3) is 2.61. The summed E-state index contributed by atoms with van der Waals surface area (Å²) in [5.41, 5.74) is 5.63. The van der Waals surface area contributed by atoms with E-state index >= 15 is 0 Å². The number of benzene rings is 1. The Kier molecular flexibility index (Phi) is 3.68. The summed E-state index contributed by atoms with van der Waals surface area (Å²) in [5, 5.41) is 0.678. The lowest BCUT2D eigenvalue weighted by atomic mass is 10.0. The van der Waals surface area contributed by atoms with Gasteiger partial charge in [0.05, 0.1) is 6.04 Å². The Morgan fingerprint density at radius 3 is 2.59 bits per heavy atom. The summed E-state index contributed by atoms with van der Waals surface area (Å²) in [7, 11) is 0. The summed E-state index contributed by atoms with van der Waals surface area (Å²) in [4.78, 5) is 7.95. The minimum atomic E-state index is -0.204. The van der Waals surface area contributed by atoms with Crippen molar-refractivity contribution in [3.8, 4) is 0 Å². The first-order valence-electron chi connectivity index (χ1n) is 5.19. The van der Waals surface area contributed by atoms with Gasteiger partial charge >= 0.3 is 0 Å². The molecule has 1 unspecified atom stereocenters. The molecule has 0 aliphatic carbocycles. The van der Waals surface area contributed by atoms with E-state index in [0.717, 1.165) is 16.7 Å². The van der Waals surface area contributed by atoms with Gasteiger partial charge in [0.25, 0.3) is 0 Å². The predicted octanol–water partition coefficient (Wildman–Crippen LogP) is 1.99. The second-order valence-corrected chi connectivity index (χ2v) is 4.20. The van der Waals surface area contributed by atoms with Crippen molar-refractivity contribution in [3.05, 3.63) is 58.6 Å². The quantitative estimate of drug-likeness (QED) is 0.644. The average Bonchev–Trinajstić information content (AvgIpc) is 2.34. The summed E-state index contributed by atoms with van der Waals surface area (Å²) >= 11 is 6.22. The van der Waals surface area contributed by atoms with Gasteiger partial charge in [-0.05, 0) is 24.1 Å². The van der Waals surface area contributed by atoms with Crippen LogP contribution in [0.5, 0.6) is 0 Å². The molecule has 0 fully saturated rings. The van der Waals surface area contributed by atoms with Crippen molar-refractivity contribution in [2.75, 3.05) is 0 Å². The summed E-state index contributed by atoms with van der Waals surface area (Å²) < 4.78 is 0. The van der Waals surface area contributed by atoms with Gasteiger partial charge in [0.1, 0.15) is 6.33 Å². The van der Waals surface area contributed by atoms with Crippen LogP contribution in [-0.4, -0.2) is 9.97 Å². The van der Waals surface area contributed by atoms with Crippen molar-refractivity contribution in [2.45, 2.75) is 13.0 Å². The zero-order chi connectivity index (χ0) is 12.3. The third-order valence-electron chi connectivity index (χ3n) is 2.55. The molecular formula is C12H13ClN4. The van der Waals surface area contributed by atoms with Crippen molar-refractivity contribution in [2.24, 2.45) is 5.84 Å². The van der Waals surface area contributed by atoms with Crippen LogP contribution in [-0.2, 0) is 0 Å². The second-order valence-electron chi connectivity index (χ2n) is 3.80. The van der Waals surface area contributed by atoms with Crippen LogP contribution in [0.1, 0.15) is 22.7 Å². The standard InChI is InChI=1S/C12H13ClN4/c1-8-2-3-10(11(13)4-8)12(17-14)9-5-15-7-16-6-9/h2-7,12,17H,14H2,1H3. The van der Waals surface area contributed by atoms with Gasteiger partial charge in [-0.15, -0.1) is 0 Å². The van der Waals surface area contributed by atoms with Gasteiger partial charge in [-0.25, -0.2) is 15.4 Å². The Morgan fingerprint density at radius 1 is 1.29 bits per heavy atom. The summed E-state index contributed by atoms with van der Waals surface area (Å²) in [6, 6.07) is 5.65. The zero-order valence-electron chi connectivity index (χ0n) is 9.39. The number of nitrogens with zero attached hydrogens (tertiary/aromatic N) is 2. The third-order valence-corrected chi connectivity index (χ3v) is 2.87. The molecule has 1 aromatic carbocycles. The Hall–Kier alpha value is -1.49. The molecule has 0 saturated carbocycles. The van der Waals surface area contributed by atoms with Gasteiger partial charge in [-0.3, -0.25) is 5.84 Å². The number of nitrogens with two attached hydrogens (primary N) is 1. The van der Waals surface area contributed by atoms with E-state index in [1.807, 2.05) is 25.1 Å². The highest BCUT2D eigenvalue weighted by Crippen LogP contribution is 2.27. The van der Waals surface area contributed by atoms with Crippen molar-refractivity contribution in [1.29, 1.82) is 0 Å². The fourth-order valence-corrected chi connectivity index (χ4v) is 2.04. The minimum absolute atomic E-state index is 0.204. The Bertz CT molecular complexity index is 501. The van der Waals surface area contributed by atoms with Gasteiger partial charge in [0.15, 0.2) is 0 Å². The lowest BCUT2D eigenvalue weighted by Gasteiger charge is -2.17. The van der Waals surface area contributed by atoms with Gasteiger partial charge in [0, 0.05) is 23.0 Å². The zero-order valence-corrected chi connectivity index (χ0v) is 10.1. The number of rotatable bonds is 3. The number of aryl methyl sites for hydroxylation is 1. The molecule has 2 rings (SSSR count). The van der Waals surface area contributed by atoms with Gasteiger partial charge in [-0.1, -0.05) is 23.7 Å². The average molecular weight is 249 g/mol. The first-order valence-corrected chi connectivity index (χ1v) is 5.57. The fraction of sp³-hybridized carbons (Fsp3) is 0.167. The first kappa shape index (κ1) is 12.0. The topological polar surface area (TPSA) is 63.8 Å². The Labute approximate surface area is 105 Å². The van der Waals surface area contributed by atoms with Crippen molar-refractivity contribution in [1.82, 2.24) is 15.4 Å². The molecule has 1 heterocycles. The molecule has 3 N–H and O–H groups in total. The lowest BCUT2D eigenvalue weighted by molar-refractivity contribution is 0.632. The van der Waals surface area contributed by atoms with Gasteiger partial charge < -0.3 is 0 Å². The number of aromatic nitrogens is 2. The number of hydrazine groups is 1. The Morgan fingerprint density at radius 2 is 2.00 bits per heavy atom. The maximum absolute atomic E-state index is 6.22. The van der Waals surface area contributed by atoms with Crippen LogP contribution >= 0.6 is 11.6 Å². The normalized spacial score (nSPS) is 12.4. The Balaban J connectivity index is 2.42. The summed E-state index contributed by atoms with van der Waals surface area (Å²) in [6.45, 7) is 1.99. The van der Waals surface area contributed by atoms with Crippen LogP contribution in [0, 0.1) is 6.92 Å². The molecule has 0 aliphatic rings. The van der Waals surface area contributed by atoms with E-state index < -0.39 is 0 Å². The molecule has 5 heteroatoms. The molecular weight excluding hydrogens is 236 g/mol. The van der Waals surface area contributed by atoms with E-state index in [1.165, 1.54) is 6.33 Å². The van der Waals surface area contributed by atoms with Gasteiger partial charge in [-0.2, -0.15) is 0 Å². The molecule has 0 saturated heterocycles. The van der Waals surface area contributed by atoms with Crippen LogP contribution in [0.4, 0.5) is 0 Å². The van der Waals surface area contributed by atoms with Crippen LogP contribution < -0.4 is 11.3 Å². The highest BCUT2D eigenvalue weighted by atomic mass is 35.5. The van der Waals surface area contributed by atoms with E-state index in [4.69, 9.17) is 17.4 Å². The number of hydrogen-bond donors (Lipinski definition) is 2. The van der Waals surface area contributed by atoms with Crippen molar-refractivity contribution < 1.29 is 0 Å². The SMILES string of the molecule is Cc1ccc(C(NN)c2cncnc2)c(Cl)c1. The molecule has 1 aromatic heterocycles. The van der Waals surface area contributed by atoms with E-state index in [9.17, 15) is 0 Å². The largest absolute Gasteiger partial charge is 0.271 e. The molecule has 88 valence electrons. The highest BCUT2D eigenvalue weighted by Gasteiger charge is 2.15. The number of hydrogen-bond acceptors (Lipinski definition) is 4. The molecule has 0 spiro atoms. The van der Waals surface area contributed by atoms with Crippen LogP contribution in [0.2, 0.25) is 5.02 Å². The van der Waals surface area contributed by atoms with E-state index in [-0.39, 0.29) is 6.04 Å². The molecule has 0 amide bonds. The van der Waals surface area contributed by atoms with E-state index in [2.05, 4.69) is 15.4 Å². The second kappa shape index (κ2) is 5.23. The summed E-state index contributed by atoms with van der Waals surface area (Å²) in [5.74, 6) is 5.58. The molecule has 4 nitrogen and oxygen atoms in total. The highest BCUT2D eigenvalue weighted by molar-refractivity contribution is 6.31. The van der Waals surface area contributed by atoms with E-state index in [1.54, 1.807) is 12.4 Å². The number of nitrogens with one attached hydrogen (secondary N) is 1. The first-order chi connectivity index (χ1) is 8.22. The van der Waals surface area contributed by atoms with E-state index in [0.29, 0.717) is 5.02 Å². The van der Waals surface area contributed by atoms with Gasteiger partial charge in [0.2, 0.25) is 0 Å². The molecule has 17 heavy (non-hydrogen) atoms. The molecule has 0 radical (unpaired) electrons. The van der Waals surface area contributed by atoms with Crippen LogP contribution in [0.3, 0.4) is 0 Å². The molecule has 1 atom stereocenters. The molecule has 0 aliphatic heterocycles. The maximum atomic E-state index is 6.22. The van der Waals surface area contributed by atoms with Crippen LogP contribution in [0.25, 0.3) is 0 Å². The lowest BCUT2D eigenvalue weighted by Crippen LogP contribution is -2.29. The molecule has 2 aromatic rings. The maximum Gasteiger partial charge on any atom is 0.115 e. The predicted molar refractivity (Wildman–Crippen MR) is 67.4 cm³/mol. The monoisotopic (exact) mass is 248 g/mol. The number of halogens is 1. The van der Waals surface area contributed by atoms with Crippen molar-refractivity contribution in [3.63, 3.8) is 0 Å². The van der Waals surface area contributed by atoms with Crippen LogP contribution in [0.15, 0.2) is 36.9 Å². The molecule has 0 bridgehead atoms. The van der Waals surface area contributed by atoms with Crippen molar-refractivity contribution >= 4 is 11.6 Å². The fourth-order valence-electron chi connectivity index (χ4n) is 1.69. The summed E-state index contributed by atoms with van der Waals surface area (Å²) in [6.07, 6.45) is 4.91. The smallest absolute Gasteiger partial charge is 0.115 e.